The summed E-state index contributed by atoms with van der Waals surface area (Å²) in [5, 5.41) is 12.7. The van der Waals surface area contributed by atoms with Crippen molar-refractivity contribution >= 4 is 32.4 Å². The van der Waals surface area contributed by atoms with E-state index in [-0.39, 0.29) is 10.9 Å². The molecule has 1 aliphatic rings. The number of fused-ring (bicyclic) bond motifs is 1. The molecule has 1 fully saturated rings. The molecule has 196 valence electrons. The van der Waals surface area contributed by atoms with Crippen LogP contribution in [0.15, 0.2) is 65.7 Å². The molecule has 0 saturated heterocycles. The molecule has 0 bridgehead atoms. The first-order valence-electron chi connectivity index (χ1n) is 12.0. The van der Waals surface area contributed by atoms with E-state index in [0.717, 1.165) is 28.9 Å². The number of nitriles is 1. The maximum atomic E-state index is 13.3. The standard InChI is InChI=1S/C27H24F3N5O2S/c28-27(29,30)18-4-12-25(33-15-18)34-19-5-9-21(10-6-19)38(36,37)20-7-1-16(2-8-20)17-3-11-24-22(13-17)23(14-31)26(32)35-24/h1-4,7-8,11-13,15,19,21,35H,5-6,9-10,32H2,(H,33,34)/t19-,21-. The smallest absolute Gasteiger partial charge is 0.384 e. The van der Waals surface area contributed by atoms with Crippen LogP contribution in [0.25, 0.3) is 22.0 Å². The van der Waals surface area contributed by atoms with Crippen molar-refractivity contribution in [3.05, 3.63) is 71.9 Å². The molecule has 0 spiro atoms. The van der Waals surface area contributed by atoms with Crippen molar-refractivity contribution in [1.29, 1.82) is 5.26 Å². The minimum Gasteiger partial charge on any atom is -0.384 e. The quantitative estimate of drug-likeness (QED) is 0.290. The highest BCUT2D eigenvalue weighted by atomic mass is 32.2. The van der Waals surface area contributed by atoms with Crippen LogP contribution in [0.5, 0.6) is 0 Å². The lowest BCUT2D eigenvalue weighted by Crippen LogP contribution is -2.33. The van der Waals surface area contributed by atoms with Gasteiger partial charge in [-0.3, -0.25) is 0 Å². The van der Waals surface area contributed by atoms with Crippen LogP contribution in [0.2, 0.25) is 0 Å². The Balaban J connectivity index is 1.25. The van der Waals surface area contributed by atoms with E-state index in [9.17, 15) is 26.9 Å². The molecule has 38 heavy (non-hydrogen) atoms. The van der Waals surface area contributed by atoms with E-state index in [1.807, 2.05) is 18.2 Å². The van der Waals surface area contributed by atoms with E-state index in [0.29, 0.717) is 48.3 Å². The number of hydrogen-bond donors (Lipinski definition) is 3. The Kier molecular flexibility index (Phi) is 6.53. The summed E-state index contributed by atoms with van der Waals surface area (Å²) in [7, 11) is -3.55. The lowest BCUT2D eigenvalue weighted by atomic mass is 9.95. The predicted octanol–water partition coefficient (Wildman–Crippen LogP) is 5.90. The number of benzene rings is 2. The van der Waals surface area contributed by atoms with Gasteiger partial charge in [0.2, 0.25) is 0 Å². The number of nitrogens with two attached hydrogens (primary N) is 1. The fraction of sp³-hybridized carbons (Fsp3) is 0.259. The van der Waals surface area contributed by atoms with Crippen molar-refractivity contribution < 1.29 is 21.6 Å². The number of rotatable bonds is 5. The molecule has 0 atom stereocenters. The van der Waals surface area contributed by atoms with Gasteiger partial charge < -0.3 is 16.0 Å². The Morgan fingerprint density at radius 1 is 1.00 bits per heavy atom. The maximum absolute atomic E-state index is 13.3. The third-order valence-electron chi connectivity index (χ3n) is 7.01. The van der Waals surface area contributed by atoms with Gasteiger partial charge in [-0.1, -0.05) is 18.2 Å². The number of nitrogens with zero attached hydrogens (tertiary/aromatic N) is 2. The fourth-order valence-corrected chi connectivity index (χ4v) is 6.71. The molecular formula is C27H24F3N5O2S. The maximum Gasteiger partial charge on any atom is 0.417 e. The fourth-order valence-electron chi connectivity index (χ4n) is 4.92. The van der Waals surface area contributed by atoms with Gasteiger partial charge >= 0.3 is 6.18 Å². The zero-order valence-corrected chi connectivity index (χ0v) is 20.9. The van der Waals surface area contributed by atoms with Crippen LogP contribution in [0.4, 0.5) is 24.8 Å². The molecule has 0 unspecified atom stereocenters. The van der Waals surface area contributed by atoms with Crippen LogP contribution in [0.3, 0.4) is 0 Å². The SMILES string of the molecule is N#Cc1c(N)[nH]c2ccc(-c3ccc(S(=O)(=O)[C@H]4CC[C@H](Nc5ccc(C(F)(F)F)cn5)CC4)cc3)cc12. The van der Waals surface area contributed by atoms with Gasteiger partial charge in [0, 0.05) is 23.1 Å². The van der Waals surface area contributed by atoms with Crippen molar-refractivity contribution in [3.8, 4) is 17.2 Å². The van der Waals surface area contributed by atoms with Crippen LogP contribution in [0, 0.1) is 11.3 Å². The molecule has 0 amide bonds. The summed E-state index contributed by atoms with van der Waals surface area (Å²) in [6.45, 7) is 0. The van der Waals surface area contributed by atoms with Gasteiger partial charge in [-0.2, -0.15) is 18.4 Å². The molecule has 2 heterocycles. The van der Waals surface area contributed by atoms with Gasteiger partial charge in [0.25, 0.3) is 0 Å². The molecule has 11 heteroatoms. The topological polar surface area (TPSA) is 125 Å². The van der Waals surface area contributed by atoms with Crippen LogP contribution < -0.4 is 11.1 Å². The van der Waals surface area contributed by atoms with Crippen molar-refractivity contribution in [2.24, 2.45) is 0 Å². The normalized spacial score (nSPS) is 18.3. The summed E-state index contributed by atoms with van der Waals surface area (Å²) in [5.74, 6) is 0.643. The second-order valence-corrected chi connectivity index (χ2v) is 11.6. The van der Waals surface area contributed by atoms with E-state index < -0.39 is 26.8 Å². The largest absolute Gasteiger partial charge is 0.417 e. The molecule has 2 aromatic heterocycles. The van der Waals surface area contributed by atoms with Crippen molar-refractivity contribution in [3.63, 3.8) is 0 Å². The van der Waals surface area contributed by atoms with Crippen molar-refractivity contribution in [1.82, 2.24) is 9.97 Å². The molecular weight excluding hydrogens is 515 g/mol. The third-order valence-corrected chi connectivity index (χ3v) is 9.29. The third kappa shape index (κ3) is 4.91. The van der Waals surface area contributed by atoms with Crippen LogP contribution in [-0.2, 0) is 16.0 Å². The first kappa shape index (κ1) is 25.6. The van der Waals surface area contributed by atoms with Crippen LogP contribution in [-0.4, -0.2) is 29.7 Å². The number of nitrogens with one attached hydrogen (secondary N) is 2. The summed E-state index contributed by atoms with van der Waals surface area (Å²) in [6, 6.07) is 16.6. The van der Waals surface area contributed by atoms with Gasteiger partial charge in [0.15, 0.2) is 9.84 Å². The van der Waals surface area contributed by atoms with E-state index in [2.05, 4.69) is 21.4 Å². The number of halogens is 3. The first-order valence-corrected chi connectivity index (χ1v) is 13.6. The second-order valence-electron chi connectivity index (χ2n) is 9.40. The molecule has 2 aromatic carbocycles. The lowest BCUT2D eigenvalue weighted by molar-refractivity contribution is -0.137. The van der Waals surface area contributed by atoms with Crippen molar-refractivity contribution in [2.75, 3.05) is 11.1 Å². The zero-order chi connectivity index (χ0) is 27.1. The van der Waals surface area contributed by atoms with Crippen molar-refractivity contribution in [2.45, 2.75) is 48.0 Å². The number of alkyl halides is 3. The van der Waals surface area contributed by atoms with Gasteiger partial charge in [0.1, 0.15) is 23.3 Å². The number of hydrogen-bond acceptors (Lipinski definition) is 6. The van der Waals surface area contributed by atoms with Gasteiger partial charge in [0.05, 0.1) is 15.7 Å². The van der Waals surface area contributed by atoms with E-state index in [1.165, 1.54) is 6.07 Å². The lowest BCUT2D eigenvalue weighted by Gasteiger charge is -2.29. The Morgan fingerprint density at radius 2 is 1.68 bits per heavy atom. The summed E-state index contributed by atoms with van der Waals surface area (Å²) in [5.41, 5.74) is 7.83. The number of sulfone groups is 1. The summed E-state index contributed by atoms with van der Waals surface area (Å²) < 4.78 is 64.8. The highest BCUT2D eigenvalue weighted by Gasteiger charge is 2.33. The number of aromatic nitrogens is 2. The summed E-state index contributed by atoms with van der Waals surface area (Å²) in [4.78, 5) is 7.06. The Labute approximate surface area is 217 Å². The first-order chi connectivity index (χ1) is 18.1. The van der Waals surface area contributed by atoms with Crippen LogP contribution >= 0.6 is 0 Å². The average Bonchev–Trinajstić information content (AvgIpc) is 3.23. The number of anilines is 2. The number of pyridine rings is 1. The molecule has 7 nitrogen and oxygen atoms in total. The highest BCUT2D eigenvalue weighted by molar-refractivity contribution is 7.92. The Bertz CT molecular complexity index is 1610. The summed E-state index contributed by atoms with van der Waals surface area (Å²) in [6.07, 6.45) is -1.66. The molecule has 4 aromatic rings. The molecule has 0 aliphatic heterocycles. The summed E-state index contributed by atoms with van der Waals surface area (Å²) >= 11 is 0. The highest BCUT2D eigenvalue weighted by Crippen LogP contribution is 2.33. The number of H-pyrrole nitrogens is 1. The van der Waals surface area contributed by atoms with E-state index >= 15 is 0 Å². The molecule has 1 aliphatic carbocycles. The Morgan fingerprint density at radius 3 is 2.29 bits per heavy atom. The van der Waals surface area contributed by atoms with E-state index in [1.54, 1.807) is 24.3 Å². The van der Waals surface area contributed by atoms with E-state index in [4.69, 9.17) is 5.73 Å². The predicted molar refractivity (Wildman–Crippen MR) is 139 cm³/mol. The van der Waals surface area contributed by atoms with Crippen LogP contribution in [0.1, 0.15) is 36.8 Å². The van der Waals surface area contributed by atoms with Gasteiger partial charge in [-0.15, -0.1) is 0 Å². The van der Waals surface area contributed by atoms with Gasteiger partial charge in [-0.05, 0) is 73.2 Å². The second kappa shape index (κ2) is 9.68. The molecule has 1 saturated carbocycles. The minimum absolute atomic E-state index is 0.0660. The molecule has 5 rings (SSSR count). The molecule has 4 N–H and O–H groups in total. The number of aromatic amines is 1. The minimum atomic E-state index is -4.44. The number of nitrogen functional groups attached to an aromatic ring is 1. The van der Waals surface area contributed by atoms with Gasteiger partial charge in [-0.25, -0.2) is 13.4 Å². The zero-order valence-electron chi connectivity index (χ0n) is 20.1. The average molecular weight is 540 g/mol. The Hall–Kier alpha value is -4.04. The molecule has 0 radical (unpaired) electrons. The monoisotopic (exact) mass is 539 g/mol.